The number of halogens is 1. The molecule has 0 aliphatic rings. The molecule has 0 saturated heterocycles. The summed E-state index contributed by atoms with van der Waals surface area (Å²) in [7, 11) is 23.9. The van der Waals surface area contributed by atoms with Crippen LogP contribution in [0.25, 0.3) is 55.8 Å². The van der Waals surface area contributed by atoms with Gasteiger partial charge in [0.15, 0.2) is 84.3 Å². The normalized spacial score (nSPS) is 11.3. The Morgan fingerprint density at radius 3 is 0.905 bits per heavy atom. The third-order valence-corrected chi connectivity index (χ3v) is 19.1. The third-order valence-electron chi connectivity index (χ3n) is 19.1. The van der Waals surface area contributed by atoms with Gasteiger partial charge in [-0.05, 0) is 90.0 Å². The maximum absolute atomic E-state index is 12.5. The minimum absolute atomic E-state index is 0.296. The first-order valence-electron chi connectivity index (χ1n) is 36.6. The Bertz CT molecular complexity index is 6260. The van der Waals surface area contributed by atoms with E-state index in [9.17, 15) is 47.9 Å². The Labute approximate surface area is 667 Å². The lowest BCUT2D eigenvalue weighted by atomic mass is 10.2. The van der Waals surface area contributed by atoms with E-state index in [4.69, 9.17) is 0 Å². The molecule has 0 spiro atoms. The van der Waals surface area contributed by atoms with Crippen molar-refractivity contribution in [1.29, 1.82) is 0 Å². The minimum atomic E-state index is -0.351. The second-order valence-corrected chi connectivity index (χ2v) is 27.1. The molecule has 0 fully saturated rings. The van der Waals surface area contributed by atoms with Gasteiger partial charge < -0.3 is 22.8 Å². The number of imidazole rings is 5. The summed E-state index contributed by atoms with van der Waals surface area (Å²) in [6.45, 7) is 1.79. The Morgan fingerprint density at radius 1 is 0.345 bits per heavy atom. The topological polar surface area (TPSA) is 540 Å². The first-order chi connectivity index (χ1) is 55.6. The highest BCUT2D eigenvalue weighted by atomic mass is 127. The molecule has 51 heteroatoms. The fraction of sp³-hybridized carbons (Fsp3) is 0.538. The molecule has 0 aliphatic heterocycles. The van der Waals surface area contributed by atoms with Gasteiger partial charge in [0.2, 0.25) is 0 Å². The van der Waals surface area contributed by atoms with Crippen LogP contribution in [0.4, 0.5) is 0 Å². The fourth-order valence-corrected chi connectivity index (χ4v) is 12.8. The Balaban J connectivity index is 0.000000152. The van der Waals surface area contributed by atoms with Gasteiger partial charge in [-0.3, -0.25) is 69.6 Å². The van der Waals surface area contributed by atoms with Crippen LogP contribution in [0, 0.1) is 0 Å². The van der Waals surface area contributed by atoms with Gasteiger partial charge in [-0.1, -0.05) is 33.0 Å². The van der Waals surface area contributed by atoms with Gasteiger partial charge in [0, 0.05) is 142 Å². The number of aromatic amines is 2. The van der Waals surface area contributed by atoms with Crippen molar-refractivity contribution >= 4 is 78.4 Å². The van der Waals surface area contributed by atoms with Crippen molar-refractivity contribution in [2.24, 2.45) is 98.7 Å². The van der Waals surface area contributed by atoms with Crippen LogP contribution in [0.15, 0.2) is 79.6 Å². The van der Waals surface area contributed by atoms with Gasteiger partial charge in [0.1, 0.15) is 5.10 Å². The van der Waals surface area contributed by atoms with Crippen LogP contribution in [0.5, 0.6) is 0 Å². The number of tetrazole rings is 5. The highest BCUT2D eigenvalue weighted by Crippen LogP contribution is 2.11. The molecule has 15 aromatic heterocycles. The van der Waals surface area contributed by atoms with Gasteiger partial charge >= 0.3 is 28.4 Å². The van der Waals surface area contributed by atoms with Crippen molar-refractivity contribution in [2.75, 3.05) is 4.93 Å². The van der Waals surface area contributed by atoms with Crippen LogP contribution in [-0.4, -0.2) is 195 Å². The number of unbranched alkanes of at least 4 members (excludes halogenated alkanes) is 5. The number of hydrogen-bond acceptors (Lipinski definition) is 29. The molecular weight excluding hydrogens is 1630 g/mol. The molecule has 0 radical (unpaired) electrons. The van der Waals surface area contributed by atoms with E-state index < -0.39 is 0 Å². The van der Waals surface area contributed by atoms with Gasteiger partial charge in [-0.2, -0.15) is 19.5 Å². The molecule has 15 aromatic rings. The average Bonchev–Trinajstić information content (AvgIpc) is 1.60. The Morgan fingerprint density at radius 2 is 0.647 bits per heavy atom. The Hall–Kier alpha value is -13.2. The lowest BCUT2D eigenvalue weighted by Crippen LogP contribution is -2.39. The summed E-state index contributed by atoms with van der Waals surface area (Å²) in [5.41, 5.74) is 0.953. The maximum atomic E-state index is 12.5. The number of nitrogens with zero attached hydrogens (tertiary/aromatic N) is 38. The summed E-state index contributed by atoms with van der Waals surface area (Å²) in [6.07, 6.45) is 18.4. The summed E-state index contributed by atoms with van der Waals surface area (Å²) in [4.78, 5) is 149. The number of fused-ring (bicyclic) bond motifs is 5. The maximum Gasteiger partial charge on any atom is 0.332 e. The van der Waals surface area contributed by atoms with Crippen molar-refractivity contribution in [2.45, 2.75) is 129 Å². The zero-order valence-electron chi connectivity index (χ0n) is 67.0. The molecule has 15 heterocycles. The van der Waals surface area contributed by atoms with Gasteiger partial charge in [-0.15, -0.1) is 35.7 Å². The van der Waals surface area contributed by atoms with Gasteiger partial charge in [-0.25, -0.2) is 53.6 Å². The van der Waals surface area contributed by atoms with Gasteiger partial charge in [0.25, 0.3) is 33.6 Å². The van der Waals surface area contributed by atoms with Crippen molar-refractivity contribution in [3.63, 3.8) is 0 Å². The van der Waals surface area contributed by atoms with E-state index in [1.807, 2.05) is 12.0 Å². The monoisotopic (exact) mass is 1720 g/mol. The fourth-order valence-electron chi connectivity index (χ4n) is 12.8. The van der Waals surface area contributed by atoms with E-state index in [1.54, 1.807) is 130 Å². The number of alkyl halides is 1. The van der Waals surface area contributed by atoms with Crippen LogP contribution >= 0.6 is 22.6 Å². The zero-order chi connectivity index (χ0) is 83.9. The summed E-state index contributed by atoms with van der Waals surface area (Å²) in [5.74, 6) is 3.58. The van der Waals surface area contributed by atoms with Crippen molar-refractivity contribution in [3.8, 4) is 0 Å². The van der Waals surface area contributed by atoms with Crippen LogP contribution in [0.2, 0.25) is 0 Å². The summed E-state index contributed by atoms with van der Waals surface area (Å²) < 4.78 is 24.9. The number of aromatic nitrogens is 40. The smallest absolute Gasteiger partial charge is 0.328 e. The average molecular weight is 1720 g/mol. The summed E-state index contributed by atoms with van der Waals surface area (Å²) in [6, 6.07) is 0. The van der Waals surface area contributed by atoms with Crippen LogP contribution < -0.4 is 60.9 Å². The quantitative estimate of drug-likeness (QED) is 0.0235. The van der Waals surface area contributed by atoms with E-state index >= 15 is 0 Å². The summed E-state index contributed by atoms with van der Waals surface area (Å²) in [5, 5.41) is 58.8. The highest BCUT2D eigenvalue weighted by Gasteiger charge is 2.21. The molecule has 0 unspecified atom stereocenters. The molecular formula is C65H92IN40O10+. The lowest BCUT2D eigenvalue weighted by Gasteiger charge is -2.08. The Kier molecular flexibility index (Phi) is 28.0. The number of nitrogens with one attached hydrogen (secondary N) is 2. The number of rotatable bonds is 25. The molecule has 2 N–H and O–H groups in total. The van der Waals surface area contributed by atoms with Crippen LogP contribution in [0.3, 0.4) is 0 Å². The molecule has 15 rings (SSSR count). The molecule has 0 amide bonds. The SMILES string of the molecule is CI.Cn1cnc2c1c(=O)n(CCCCc1nn[nH][n+]1C)c(=O)n2C.Cn1cnc2c1c(=O)n(CCCCc1nn[nH]n1)c(=O)n2C.Cn1nnc(CCCCn2c(=O)c3c(ncn3C)n(C)c2=O)n1.Cn1nnc(CCCCn2c(=O)c3c(ncn3C)n(C)c2=O)n1.Cn1nnnc1CCCCn1c(=O)c2c(ncn2C)n(C)c1=O. The van der Waals surface area contributed by atoms with Gasteiger partial charge in [0.05, 0.1) is 52.8 Å². The number of aryl methyl sites for hydroxylation is 19. The second-order valence-electron chi connectivity index (χ2n) is 27.1. The van der Waals surface area contributed by atoms with Crippen molar-refractivity contribution in [1.82, 2.24) is 190 Å². The third kappa shape index (κ3) is 18.7. The van der Waals surface area contributed by atoms with Crippen molar-refractivity contribution < 1.29 is 4.68 Å². The number of hydrogen-bond donors (Lipinski definition) is 2. The van der Waals surface area contributed by atoms with Crippen molar-refractivity contribution in [3.05, 3.63) is 165 Å². The predicted molar refractivity (Wildman–Crippen MR) is 424 cm³/mol. The largest absolute Gasteiger partial charge is 0.332 e. The minimum Gasteiger partial charge on any atom is -0.328 e. The molecule has 0 aliphatic carbocycles. The molecule has 0 atom stereocenters. The lowest BCUT2D eigenvalue weighted by molar-refractivity contribution is -0.738. The zero-order valence-corrected chi connectivity index (χ0v) is 69.1. The van der Waals surface area contributed by atoms with E-state index in [0.717, 1.165) is 50.2 Å². The first-order valence-corrected chi connectivity index (χ1v) is 38.8. The van der Waals surface area contributed by atoms with E-state index in [0.29, 0.717) is 164 Å². The van der Waals surface area contributed by atoms with Crippen LogP contribution in [-0.2, 0) is 163 Å². The molecule has 0 aromatic carbocycles. The van der Waals surface area contributed by atoms with Crippen LogP contribution in [0.1, 0.15) is 93.3 Å². The number of H-pyrrole nitrogens is 2. The standard InChI is InChI=1S/4C13H18N8O2.C12H16N8O2.CH3I/c2*1-18-8-14-11-10(18)12(22)21(13(23)19(11)2)7-5-4-6-9-15-16-17-20(9)3;2*1-18-8-14-11-10(18)12(22)21(13(23)19(11)2)7-5-4-6-9-15-17-20(3)16-9;1-18-7-13-10-9(18)11(21)20(12(22)19(10)2)6-4-3-5-8-14-16-17-15-8;1-2/h4*8H,4-7H2,1-3H3;7H,3-6H2,1-2H3,(H,14,15,16,17);1H3/p+1. The predicted octanol–water partition coefficient (Wildman–Crippen LogP) is -4.64. The van der Waals surface area contributed by atoms with E-state index in [-0.39, 0.29) is 56.2 Å². The molecule has 116 heavy (non-hydrogen) atoms. The molecule has 0 bridgehead atoms. The van der Waals surface area contributed by atoms with E-state index in [2.05, 4.69) is 130 Å². The second kappa shape index (κ2) is 38.1. The molecule has 0 saturated carbocycles. The first kappa shape index (κ1) is 85.3. The highest BCUT2D eigenvalue weighted by molar-refractivity contribution is 14.1. The van der Waals surface area contributed by atoms with E-state index in [1.165, 1.54) is 80.6 Å². The summed E-state index contributed by atoms with van der Waals surface area (Å²) >= 11 is 2.15. The molecule has 618 valence electrons. The molecule has 50 nitrogen and oxygen atoms in total.